The first-order valence-electron chi connectivity index (χ1n) is 9.82. The van der Waals surface area contributed by atoms with Crippen LogP contribution in [-0.2, 0) is 16.2 Å². The highest BCUT2D eigenvalue weighted by molar-refractivity contribution is 6.39. The van der Waals surface area contributed by atoms with Crippen LogP contribution in [0.3, 0.4) is 0 Å². The fraction of sp³-hybridized carbons (Fsp3) is 0.125. The number of nitrogens with one attached hydrogen (secondary N) is 2. The van der Waals surface area contributed by atoms with Crippen molar-refractivity contribution in [3.05, 3.63) is 83.7 Å². The SMILES string of the molecule is COc1ccc(NC(=O)C(=O)N/N=C/c2cccc(OCc3ccc(F)cc3)c2)c(OC)c1. The molecular formula is C24H22FN3O5. The molecule has 9 heteroatoms. The van der Waals surface area contributed by atoms with Crippen molar-refractivity contribution >= 4 is 23.7 Å². The Kier molecular flexibility index (Phi) is 7.96. The van der Waals surface area contributed by atoms with Crippen molar-refractivity contribution in [2.75, 3.05) is 19.5 Å². The predicted octanol–water partition coefficient (Wildman–Crippen LogP) is 3.51. The Morgan fingerprint density at radius 2 is 1.73 bits per heavy atom. The van der Waals surface area contributed by atoms with E-state index in [1.54, 1.807) is 54.6 Å². The molecule has 3 rings (SSSR count). The number of benzene rings is 3. The molecule has 0 aromatic heterocycles. The van der Waals surface area contributed by atoms with Crippen molar-refractivity contribution in [3.63, 3.8) is 0 Å². The standard InChI is InChI=1S/C24H22FN3O5/c1-31-19-10-11-21(22(13-19)32-2)27-23(29)24(30)28-26-14-17-4-3-5-20(12-17)33-15-16-6-8-18(25)9-7-16/h3-14H,15H2,1-2H3,(H,27,29)(H,28,30)/b26-14+. The van der Waals surface area contributed by atoms with Gasteiger partial charge in [-0.25, -0.2) is 9.82 Å². The molecule has 0 spiro atoms. The van der Waals surface area contributed by atoms with Crippen LogP contribution in [0.15, 0.2) is 71.8 Å². The zero-order valence-corrected chi connectivity index (χ0v) is 18.0. The molecule has 2 N–H and O–H groups in total. The molecule has 0 heterocycles. The fourth-order valence-electron chi connectivity index (χ4n) is 2.73. The van der Waals surface area contributed by atoms with E-state index in [1.165, 1.54) is 32.6 Å². The van der Waals surface area contributed by atoms with Crippen LogP contribution < -0.4 is 25.0 Å². The lowest BCUT2D eigenvalue weighted by atomic mass is 10.2. The second-order valence-electron chi connectivity index (χ2n) is 6.71. The molecule has 2 amide bonds. The van der Waals surface area contributed by atoms with Crippen molar-refractivity contribution in [2.24, 2.45) is 5.10 Å². The van der Waals surface area contributed by atoms with Gasteiger partial charge in [0.1, 0.15) is 29.7 Å². The molecule has 3 aromatic carbocycles. The van der Waals surface area contributed by atoms with Gasteiger partial charge in [-0.3, -0.25) is 9.59 Å². The van der Waals surface area contributed by atoms with E-state index in [0.29, 0.717) is 28.5 Å². The largest absolute Gasteiger partial charge is 0.497 e. The number of nitrogens with zero attached hydrogens (tertiary/aromatic N) is 1. The Hall–Kier alpha value is -4.40. The zero-order chi connectivity index (χ0) is 23.6. The number of rotatable bonds is 8. The zero-order valence-electron chi connectivity index (χ0n) is 18.0. The summed E-state index contributed by atoms with van der Waals surface area (Å²) in [6.07, 6.45) is 1.38. The van der Waals surface area contributed by atoms with Crippen LogP contribution >= 0.6 is 0 Å². The number of halogens is 1. The van der Waals surface area contributed by atoms with Crippen LogP contribution in [0.2, 0.25) is 0 Å². The molecule has 0 saturated heterocycles. The van der Waals surface area contributed by atoms with Crippen LogP contribution in [-0.4, -0.2) is 32.2 Å². The van der Waals surface area contributed by atoms with Crippen molar-refractivity contribution in [1.82, 2.24) is 5.43 Å². The van der Waals surface area contributed by atoms with Crippen LogP contribution in [0.5, 0.6) is 17.2 Å². The summed E-state index contributed by atoms with van der Waals surface area (Å²) < 4.78 is 28.9. The number of hydrogen-bond donors (Lipinski definition) is 2. The molecule has 0 fully saturated rings. The first kappa shape index (κ1) is 23.3. The van der Waals surface area contributed by atoms with E-state index in [9.17, 15) is 14.0 Å². The Labute approximate surface area is 190 Å². The second-order valence-corrected chi connectivity index (χ2v) is 6.71. The molecule has 0 aliphatic rings. The monoisotopic (exact) mass is 451 g/mol. The molecule has 0 unspecified atom stereocenters. The summed E-state index contributed by atoms with van der Waals surface area (Å²) in [5, 5.41) is 6.27. The van der Waals surface area contributed by atoms with Gasteiger partial charge in [0, 0.05) is 6.07 Å². The summed E-state index contributed by atoms with van der Waals surface area (Å²) in [5.41, 5.74) is 3.95. The summed E-state index contributed by atoms with van der Waals surface area (Å²) in [7, 11) is 2.94. The number of carbonyl (C=O) groups excluding carboxylic acids is 2. The minimum atomic E-state index is -0.951. The van der Waals surface area contributed by atoms with Crippen molar-refractivity contribution in [2.45, 2.75) is 6.61 Å². The Bertz CT molecular complexity index is 1150. The molecule has 0 atom stereocenters. The number of methoxy groups -OCH3 is 2. The van der Waals surface area contributed by atoms with Crippen LogP contribution in [0.25, 0.3) is 0 Å². The second kappa shape index (κ2) is 11.3. The minimum Gasteiger partial charge on any atom is -0.497 e. The third-order valence-corrected chi connectivity index (χ3v) is 4.42. The lowest BCUT2D eigenvalue weighted by Gasteiger charge is -2.10. The number of anilines is 1. The van der Waals surface area contributed by atoms with Gasteiger partial charge in [-0.2, -0.15) is 5.10 Å². The first-order valence-corrected chi connectivity index (χ1v) is 9.82. The van der Waals surface area contributed by atoms with Crippen LogP contribution in [0.4, 0.5) is 10.1 Å². The predicted molar refractivity (Wildman–Crippen MR) is 121 cm³/mol. The van der Waals surface area contributed by atoms with E-state index in [1.807, 2.05) is 0 Å². The maximum absolute atomic E-state index is 13.0. The van der Waals surface area contributed by atoms with Gasteiger partial charge >= 0.3 is 11.8 Å². The van der Waals surface area contributed by atoms with E-state index >= 15 is 0 Å². The molecular weight excluding hydrogens is 429 g/mol. The molecule has 0 aliphatic carbocycles. The van der Waals surface area contributed by atoms with Crippen molar-refractivity contribution in [1.29, 1.82) is 0 Å². The lowest BCUT2D eigenvalue weighted by molar-refractivity contribution is -0.136. The van der Waals surface area contributed by atoms with Gasteiger partial charge in [0.25, 0.3) is 0 Å². The van der Waals surface area contributed by atoms with Gasteiger partial charge in [0.2, 0.25) is 0 Å². The average molecular weight is 451 g/mol. The van der Waals surface area contributed by atoms with Crippen molar-refractivity contribution < 1.29 is 28.2 Å². The van der Waals surface area contributed by atoms with Gasteiger partial charge in [-0.1, -0.05) is 24.3 Å². The highest BCUT2D eigenvalue weighted by Gasteiger charge is 2.15. The van der Waals surface area contributed by atoms with Crippen LogP contribution in [0.1, 0.15) is 11.1 Å². The van der Waals surface area contributed by atoms with E-state index in [4.69, 9.17) is 14.2 Å². The smallest absolute Gasteiger partial charge is 0.329 e. The van der Waals surface area contributed by atoms with Gasteiger partial charge in [0.05, 0.1) is 26.1 Å². The quantitative estimate of drug-likeness (QED) is 0.310. The minimum absolute atomic E-state index is 0.270. The number of hydrogen-bond acceptors (Lipinski definition) is 6. The summed E-state index contributed by atoms with van der Waals surface area (Å²) in [4.78, 5) is 24.2. The molecule has 0 saturated carbocycles. The Morgan fingerprint density at radius 3 is 2.45 bits per heavy atom. The third-order valence-electron chi connectivity index (χ3n) is 4.42. The number of carbonyl (C=O) groups is 2. The molecule has 3 aromatic rings. The van der Waals surface area contributed by atoms with Gasteiger partial charge < -0.3 is 19.5 Å². The van der Waals surface area contributed by atoms with Gasteiger partial charge in [0.15, 0.2) is 0 Å². The molecule has 0 radical (unpaired) electrons. The van der Waals surface area contributed by atoms with E-state index in [-0.39, 0.29) is 12.4 Å². The fourth-order valence-corrected chi connectivity index (χ4v) is 2.73. The lowest BCUT2D eigenvalue weighted by Crippen LogP contribution is -2.32. The Morgan fingerprint density at radius 1 is 0.939 bits per heavy atom. The average Bonchev–Trinajstić information content (AvgIpc) is 2.84. The Balaban J connectivity index is 1.54. The molecule has 0 bridgehead atoms. The normalized spacial score (nSPS) is 10.5. The highest BCUT2D eigenvalue weighted by Crippen LogP contribution is 2.28. The number of amides is 2. The third kappa shape index (κ3) is 6.79. The van der Waals surface area contributed by atoms with E-state index in [2.05, 4.69) is 15.8 Å². The number of ether oxygens (including phenoxy) is 3. The topological polar surface area (TPSA) is 98.2 Å². The summed E-state index contributed by atoms with van der Waals surface area (Å²) >= 11 is 0. The van der Waals surface area contributed by atoms with Crippen molar-refractivity contribution in [3.8, 4) is 17.2 Å². The number of hydrazone groups is 1. The molecule has 0 aliphatic heterocycles. The van der Waals surface area contributed by atoms with E-state index in [0.717, 1.165) is 5.56 Å². The maximum atomic E-state index is 13.0. The summed E-state index contributed by atoms with van der Waals surface area (Å²) in [6.45, 7) is 0.270. The van der Waals surface area contributed by atoms with E-state index < -0.39 is 11.8 Å². The molecule has 8 nitrogen and oxygen atoms in total. The summed E-state index contributed by atoms with van der Waals surface area (Å²) in [5.74, 6) is -0.714. The summed E-state index contributed by atoms with van der Waals surface area (Å²) in [6, 6.07) is 17.8. The maximum Gasteiger partial charge on any atom is 0.329 e. The van der Waals surface area contributed by atoms with Crippen LogP contribution in [0, 0.1) is 5.82 Å². The highest BCUT2D eigenvalue weighted by atomic mass is 19.1. The molecule has 33 heavy (non-hydrogen) atoms. The molecule has 170 valence electrons. The van der Waals surface area contributed by atoms with Gasteiger partial charge in [-0.15, -0.1) is 0 Å². The van der Waals surface area contributed by atoms with Gasteiger partial charge in [-0.05, 0) is 47.5 Å². The first-order chi connectivity index (χ1) is 16.0.